The SMILES string of the molecule is C=CCC(N)=NCCC(C)CC(N)C(=O)O. The Kier molecular flexibility index (Phi) is 7.20. The lowest BCUT2D eigenvalue weighted by atomic mass is 9.99. The van der Waals surface area contributed by atoms with Crippen LogP contribution in [0.1, 0.15) is 26.2 Å². The maximum Gasteiger partial charge on any atom is 0.320 e. The van der Waals surface area contributed by atoms with E-state index in [0.29, 0.717) is 25.2 Å². The molecule has 2 unspecified atom stereocenters. The maximum atomic E-state index is 10.5. The van der Waals surface area contributed by atoms with Crippen molar-refractivity contribution in [1.82, 2.24) is 0 Å². The van der Waals surface area contributed by atoms with Crippen molar-refractivity contribution in [3.63, 3.8) is 0 Å². The zero-order valence-electron chi connectivity index (χ0n) is 9.72. The van der Waals surface area contributed by atoms with E-state index in [-0.39, 0.29) is 5.92 Å². The molecule has 0 heterocycles. The van der Waals surface area contributed by atoms with E-state index >= 15 is 0 Å². The smallest absolute Gasteiger partial charge is 0.320 e. The standard InChI is InChI=1S/C11H21N3O2/c1-3-4-10(13)14-6-5-8(2)7-9(12)11(15)16/h3,8-9H,1,4-7,12H2,2H3,(H2,13,14)(H,15,16). The van der Waals surface area contributed by atoms with E-state index in [0.717, 1.165) is 6.42 Å². The normalized spacial score (nSPS) is 15.5. The van der Waals surface area contributed by atoms with Gasteiger partial charge in [-0.3, -0.25) is 9.79 Å². The molecule has 0 bridgehead atoms. The maximum absolute atomic E-state index is 10.5. The van der Waals surface area contributed by atoms with E-state index in [1.807, 2.05) is 6.92 Å². The zero-order valence-corrected chi connectivity index (χ0v) is 9.72. The number of hydrogen-bond acceptors (Lipinski definition) is 3. The molecule has 0 spiro atoms. The van der Waals surface area contributed by atoms with Crippen molar-refractivity contribution >= 4 is 11.8 Å². The Labute approximate surface area is 96.2 Å². The average Bonchev–Trinajstić information content (AvgIpc) is 2.17. The fraction of sp³-hybridized carbons (Fsp3) is 0.636. The molecule has 0 aromatic rings. The van der Waals surface area contributed by atoms with Crippen LogP contribution in [0.2, 0.25) is 0 Å². The van der Waals surface area contributed by atoms with Gasteiger partial charge in [-0.05, 0) is 18.8 Å². The van der Waals surface area contributed by atoms with Gasteiger partial charge >= 0.3 is 5.97 Å². The molecule has 2 atom stereocenters. The van der Waals surface area contributed by atoms with Gasteiger partial charge in [-0.2, -0.15) is 0 Å². The quantitative estimate of drug-likeness (QED) is 0.323. The van der Waals surface area contributed by atoms with E-state index in [4.69, 9.17) is 16.6 Å². The van der Waals surface area contributed by atoms with Crippen LogP contribution in [-0.2, 0) is 4.79 Å². The molecule has 5 nitrogen and oxygen atoms in total. The van der Waals surface area contributed by atoms with E-state index in [9.17, 15) is 4.79 Å². The number of carboxylic acid groups (broad SMARTS) is 1. The number of nitrogens with zero attached hydrogens (tertiary/aromatic N) is 1. The second kappa shape index (κ2) is 7.87. The lowest BCUT2D eigenvalue weighted by Crippen LogP contribution is -2.32. The summed E-state index contributed by atoms with van der Waals surface area (Å²) in [5.41, 5.74) is 11.0. The molecule has 0 saturated carbocycles. The molecule has 0 radical (unpaired) electrons. The molecule has 0 saturated heterocycles. The molecular weight excluding hydrogens is 206 g/mol. The molecule has 16 heavy (non-hydrogen) atoms. The van der Waals surface area contributed by atoms with Gasteiger partial charge in [0.15, 0.2) is 0 Å². The Morgan fingerprint density at radius 2 is 2.25 bits per heavy atom. The summed E-state index contributed by atoms with van der Waals surface area (Å²) < 4.78 is 0. The number of carboxylic acids is 1. The van der Waals surface area contributed by atoms with E-state index in [1.165, 1.54) is 0 Å². The first-order chi connectivity index (χ1) is 7.47. The van der Waals surface area contributed by atoms with Crippen LogP contribution < -0.4 is 11.5 Å². The summed E-state index contributed by atoms with van der Waals surface area (Å²) in [6, 6.07) is -0.787. The average molecular weight is 227 g/mol. The van der Waals surface area contributed by atoms with Gasteiger partial charge < -0.3 is 16.6 Å². The number of carbonyl (C=O) groups is 1. The highest BCUT2D eigenvalue weighted by Gasteiger charge is 2.14. The Hall–Kier alpha value is -1.36. The Bertz CT molecular complexity index is 264. The molecule has 0 fully saturated rings. The van der Waals surface area contributed by atoms with Crippen LogP contribution in [0.4, 0.5) is 0 Å². The minimum Gasteiger partial charge on any atom is -0.480 e. The zero-order chi connectivity index (χ0) is 12.6. The third kappa shape index (κ3) is 7.00. The third-order valence-corrected chi connectivity index (χ3v) is 2.26. The molecule has 0 amide bonds. The number of nitrogens with two attached hydrogens (primary N) is 2. The molecule has 0 aromatic carbocycles. The van der Waals surface area contributed by atoms with Crippen molar-refractivity contribution in [2.24, 2.45) is 22.4 Å². The first kappa shape index (κ1) is 14.6. The summed E-state index contributed by atoms with van der Waals surface area (Å²) in [6.07, 6.45) is 3.54. The highest BCUT2D eigenvalue weighted by Crippen LogP contribution is 2.09. The van der Waals surface area contributed by atoms with Crippen LogP contribution in [0.15, 0.2) is 17.6 Å². The molecule has 0 aromatic heterocycles. The minimum atomic E-state index is -0.957. The van der Waals surface area contributed by atoms with Crippen molar-refractivity contribution in [2.45, 2.75) is 32.2 Å². The van der Waals surface area contributed by atoms with Crippen molar-refractivity contribution < 1.29 is 9.90 Å². The number of aliphatic carboxylic acids is 1. The van der Waals surface area contributed by atoms with Gasteiger partial charge in [0.2, 0.25) is 0 Å². The van der Waals surface area contributed by atoms with Crippen LogP contribution >= 0.6 is 0 Å². The van der Waals surface area contributed by atoms with Crippen molar-refractivity contribution in [3.05, 3.63) is 12.7 Å². The van der Waals surface area contributed by atoms with Crippen LogP contribution in [0.25, 0.3) is 0 Å². The Morgan fingerprint density at radius 1 is 1.62 bits per heavy atom. The number of rotatable bonds is 8. The molecular formula is C11H21N3O2. The van der Waals surface area contributed by atoms with Crippen molar-refractivity contribution in [1.29, 1.82) is 0 Å². The Balaban J connectivity index is 3.81. The molecule has 0 aliphatic heterocycles. The summed E-state index contributed by atoms with van der Waals surface area (Å²) in [4.78, 5) is 14.7. The summed E-state index contributed by atoms with van der Waals surface area (Å²) in [5.74, 6) is -0.169. The van der Waals surface area contributed by atoms with Gasteiger partial charge in [0, 0.05) is 13.0 Å². The molecule has 5 N–H and O–H groups in total. The van der Waals surface area contributed by atoms with Gasteiger partial charge in [0.25, 0.3) is 0 Å². The largest absolute Gasteiger partial charge is 0.480 e. The Morgan fingerprint density at radius 3 is 2.75 bits per heavy atom. The van der Waals surface area contributed by atoms with Crippen molar-refractivity contribution in [3.8, 4) is 0 Å². The predicted molar refractivity (Wildman–Crippen MR) is 65.3 cm³/mol. The summed E-state index contributed by atoms with van der Waals surface area (Å²) in [6.45, 7) is 6.12. The number of aliphatic imine (C=N–C) groups is 1. The number of amidine groups is 1. The first-order valence-electron chi connectivity index (χ1n) is 5.35. The highest BCUT2D eigenvalue weighted by atomic mass is 16.4. The van der Waals surface area contributed by atoms with Crippen LogP contribution in [-0.4, -0.2) is 29.5 Å². The fourth-order valence-electron chi connectivity index (χ4n) is 1.29. The van der Waals surface area contributed by atoms with E-state index in [2.05, 4.69) is 11.6 Å². The molecule has 0 aliphatic rings. The van der Waals surface area contributed by atoms with Gasteiger partial charge in [-0.25, -0.2) is 0 Å². The second-order valence-electron chi connectivity index (χ2n) is 3.94. The van der Waals surface area contributed by atoms with E-state index in [1.54, 1.807) is 6.08 Å². The lowest BCUT2D eigenvalue weighted by molar-refractivity contribution is -0.138. The second-order valence-corrected chi connectivity index (χ2v) is 3.94. The third-order valence-electron chi connectivity index (χ3n) is 2.26. The first-order valence-corrected chi connectivity index (χ1v) is 5.35. The van der Waals surface area contributed by atoms with Crippen molar-refractivity contribution in [2.75, 3.05) is 6.54 Å². The molecule has 0 rings (SSSR count). The summed E-state index contributed by atoms with van der Waals surface area (Å²) in [7, 11) is 0. The predicted octanol–water partition coefficient (Wildman–Crippen LogP) is 0.748. The minimum absolute atomic E-state index is 0.228. The van der Waals surface area contributed by atoms with Gasteiger partial charge in [0.05, 0.1) is 5.84 Å². The van der Waals surface area contributed by atoms with E-state index < -0.39 is 12.0 Å². The summed E-state index contributed by atoms with van der Waals surface area (Å²) >= 11 is 0. The lowest BCUT2D eigenvalue weighted by Gasteiger charge is -2.12. The van der Waals surface area contributed by atoms with Crippen LogP contribution in [0.5, 0.6) is 0 Å². The van der Waals surface area contributed by atoms with Gasteiger partial charge in [0.1, 0.15) is 6.04 Å². The molecule has 5 heteroatoms. The molecule has 92 valence electrons. The number of hydrogen-bond donors (Lipinski definition) is 3. The van der Waals surface area contributed by atoms with Gasteiger partial charge in [-0.15, -0.1) is 6.58 Å². The highest BCUT2D eigenvalue weighted by molar-refractivity contribution is 5.81. The van der Waals surface area contributed by atoms with Crippen LogP contribution in [0.3, 0.4) is 0 Å². The summed E-state index contributed by atoms with van der Waals surface area (Å²) in [5, 5.41) is 8.63. The fourth-order valence-corrected chi connectivity index (χ4v) is 1.29. The monoisotopic (exact) mass is 227 g/mol. The van der Waals surface area contributed by atoms with Gasteiger partial charge in [-0.1, -0.05) is 13.0 Å². The molecule has 0 aliphatic carbocycles. The van der Waals surface area contributed by atoms with Crippen LogP contribution in [0, 0.1) is 5.92 Å². The topological polar surface area (TPSA) is 102 Å².